The molecule has 0 radical (unpaired) electrons. The molecule has 0 spiro atoms. The molecule has 2 aromatic rings. The molecule has 0 bridgehead atoms. The molecule has 0 unspecified atom stereocenters. The summed E-state index contributed by atoms with van der Waals surface area (Å²) in [4.78, 5) is 0. The second-order valence-corrected chi connectivity index (χ2v) is 5.68. The predicted octanol–water partition coefficient (Wildman–Crippen LogP) is 4.90. The van der Waals surface area contributed by atoms with E-state index in [-0.39, 0.29) is 24.8 Å². The van der Waals surface area contributed by atoms with Crippen LogP contribution in [0.5, 0.6) is 5.75 Å². The zero-order valence-electron chi connectivity index (χ0n) is 10.2. The Bertz CT molecular complexity index is 608. The first-order valence-electron chi connectivity index (χ1n) is 5.69. The standard InChI is InChI=1S/C10H8O.C5H5.2ClH.Ti/c11-10-6-5-8-3-1-2-4-9(8)7-10;1-2-4-5-3-1;;;/h1-7,11H;1-3H,4H2;2*1H;/q;;;;+1/p-1. The predicted molar refractivity (Wildman–Crippen MR) is 80.9 cm³/mol. The van der Waals surface area contributed by atoms with Gasteiger partial charge < -0.3 is 0 Å². The van der Waals surface area contributed by atoms with Crippen LogP contribution in [0.1, 0.15) is 6.42 Å². The summed E-state index contributed by atoms with van der Waals surface area (Å²) in [6.07, 6.45) is 7.56. The third-order valence-electron chi connectivity index (χ3n) is 2.79. The molecule has 0 fully saturated rings. The van der Waals surface area contributed by atoms with E-state index < -0.39 is 19.5 Å². The Labute approximate surface area is 135 Å². The van der Waals surface area contributed by atoms with Gasteiger partial charge in [-0.1, -0.05) is 0 Å². The van der Waals surface area contributed by atoms with Gasteiger partial charge in [-0.05, 0) is 0 Å². The summed E-state index contributed by atoms with van der Waals surface area (Å²) in [7, 11) is 0. The van der Waals surface area contributed by atoms with Crippen molar-refractivity contribution in [2.45, 2.75) is 6.42 Å². The summed E-state index contributed by atoms with van der Waals surface area (Å²) in [6, 6.07) is 14.7. The number of hydrogen-bond acceptors (Lipinski definition) is 1. The minimum atomic E-state index is -0.452. The van der Waals surface area contributed by atoms with Crippen molar-refractivity contribution < 1.29 is 22.9 Å². The van der Waals surface area contributed by atoms with E-state index in [0.717, 1.165) is 12.2 Å². The number of benzene rings is 2. The van der Waals surface area contributed by atoms with Gasteiger partial charge >= 0.3 is 110 Å². The second-order valence-electron chi connectivity index (χ2n) is 4.04. The van der Waals surface area contributed by atoms with Crippen LogP contribution in [0.4, 0.5) is 0 Å². The molecule has 0 atom stereocenters. The zero-order valence-corrected chi connectivity index (χ0v) is 13.4. The third-order valence-corrected chi connectivity index (χ3v) is 4.31. The van der Waals surface area contributed by atoms with Crippen molar-refractivity contribution in [1.82, 2.24) is 0 Å². The summed E-state index contributed by atoms with van der Waals surface area (Å²) in [5, 5.41) is 2.51. The molecule has 19 heavy (non-hydrogen) atoms. The second kappa shape index (κ2) is 7.76. The first-order chi connectivity index (χ1) is 8.42. The zero-order chi connectivity index (χ0) is 11.5. The summed E-state index contributed by atoms with van der Waals surface area (Å²) >= 11 is -0.452. The summed E-state index contributed by atoms with van der Waals surface area (Å²) in [5.74, 6) is 0.997. The summed E-state index contributed by atoms with van der Waals surface area (Å²) in [5.41, 5.74) is 0. The Morgan fingerprint density at radius 1 is 0.947 bits per heavy atom. The molecule has 4 heteroatoms. The van der Waals surface area contributed by atoms with Gasteiger partial charge in [-0.25, -0.2) is 0 Å². The molecule has 1 nitrogen and oxygen atoms in total. The van der Waals surface area contributed by atoms with Crippen LogP contribution in [0.25, 0.3) is 10.8 Å². The van der Waals surface area contributed by atoms with Crippen molar-refractivity contribution in [2.24, 2.45) is 0 Å². The van der Waals surface area contributed by atoms with E-state index in [1.54, 1.807) is 0 Å². The van der Waals surface area contributed by atoms with Crippen LogP contribution in [0.3, 0.4) is 0 Å². The molecule has 2 aromatic carbocycles. The van der Waals surface area contributed by atoms with Gasteiger partial charge in [-0.15, -0.1) is 24.8 Å². The molecule has 0 saturated carbocycles. The van der Waals surface area contributed by atoms with Crippen molar-refractivity contribution >= 4 is 35.6 Å². The minimum absolute atomic E-state index is 0. The van der Waals surface area contributed by atoms with Gasteiger partial charge in [0, 0.05) is 0 Å². The molecule has 1 aliphatic rings. The van der Waals surface area contributed by atoms with Gasteiger partial charge in [-0.2, -0.15) is 0 Å². The molecule has 0 amide bonds. The van der Waals surface area contributed by atoms with Gasteiger partial charge in [0.2, 0.25) is 0 Å². The van der Waals surface area contributed by atoms with Gasteiger partial charge in [0.15, 0.2) is 0 Å². The van der Waals surface area contributed by atoms with E-state index in [4.69, 9.17) is 3.32 Å². The smallest absolute Gasteiger partial charge is 0.147 e. The van der Waals surface area contributed by atoms with Crippen molar-refractivity contribution in [2.75, 3.05) is 0 Å². The number of hydrogen-bond donors (Lipinski definition) is 0. The molecular formula is C15H14Cl2OTi. The van der Waals surface area contributed by atoms with Gasteiger partial charge in [-0.3, -0.25) is 0 Å². The van der Waals surface area contributed by atoms with E-state index in [1.165, 1.54) is 14.7 Å². The van der Waals surface area contributed by atoms with Crippen LogP contribution >= 0.6 is 24.8 Å². The Kier molecular flexibility index (Phi) is 6.67. The number of halogens is 2. The maximum absolute atomic E-state index is 5.91. The van der Waals surface area contributed by atoms with Crippen molar-refractivity contribution in [1.29, 1.82) is 0 Å². The average Bonchev–Trinajstić information content (AvgIpc) is 2.89. The van der Waals surface area contributed by atoms with Crippen LogP contribution < -0.4 is 3.32 Å². The summed E-state index contributed by atoms with van der Waals surface area (Å²) in [6.45, 7) is 0. The first kappa shape index (κ1) is 16.3. The van der Waals surface area contributed by atoms with E-state index in [9.17, 15) is 0 Å². The third kappa shape index (κ3) is 4.12. The number of allylic oxidation sites excluding steroid dienone is 4. The van der Waals surface area contributed by atoms with Gasteiger partial charge in [0.25, 0.3) is 0 Å². The SMILES string of the molecule is C1=CC[C]([Ti][O]c2ccc3ccccc3c2)=C1.Cl.Cl. The maximum atomic E-state index is 5.91. The van der Waals surface area contributed by atoms with Gasteiger partial charge in [0.1, 0.15) is 0 Å². The Morgan fingerprint density at radius 3 is 2.47 bits per heavy atom. The maximum Gasteiger partial charge on any atom is -0.147 e. The monoisotopic (exact) mass is 328 g/mol. The minimum Gasteiger partial charge on any atom is -0.147 e. The van der Waals surface area contributed by atoms with E-state index in [0.29, 0.717) is 0 Å². The quantitative estimate of drug-likeness (QED) is 0.728. The number of rotatable bonds is 3. The molecule has 0 N–H and O–H groups in total. The largest absolute Gasteiger partial charge is 0.147 e. The van der Waals surface area contributed by atoms with Crippen molar-refractivity contribution in [3.63, 3.8) is 0 Å². The fourth-order valence-electron chi connectivity index (χ4n) is 1.88. The summed E-state index contributed by atoms with van der Waals surface area (Å²) < 4.78 is 7.37. The van der Waals surface area contributed by atoms with Crippen LogP contribution in [0, 0.1) is 0 Å². The Balaban J connectivity index is 0.000000902. The van der Waals surface area contributed by atoms with E-state index >= 15 is 0 Å². The normalized spacial score (nSPS) is 12.3. The molecule has 1 aliphatic carbocycles. The first-order valence-corrected chi connectivity index (χ1v) is 7.11. The van der Waals surface area contributed by atoms with E-state index in [1.807, 2.05) is 0 Å². The fourth-order valence-corrected chi connectivity index (χ4v) is 3.04. The molecule has 0 aromatic heterocycles. The van der Waals surface area contributed by atoms with Crippen molar-refractivity contribution in [3.8, 4) is 5.75 Å². The molecule has 98 valence electrons. The van der Waals surface area contributed by atoms with Gasteiger partial charge in [0.05, 0.1) is 0 Å². The van der Waals surface area contributed by atoms with Crippen LogP contribution in [-0.2, 0) is 19.5 Å². The molecule has 0 saturated heterocycles. The fraction of sp³-hybridized carbons (Fsp3) is 0.0667. The Morgan fingerprint density at radius 2 is 1.74 bits per heavy atom. The van der Waals surface area contributed by atoms with Crippen LogP contribution in [0.15, 0.2) is 64.6 Å². The van der Waals surface area contributed by atoms with Crippen molar-refractivity contribution in [3.05, 3.63) is 64.6 Å². The Hall–Kier alpha value is -0.726. The molecular weight excluding hydrogens is 315 g/mol. The molecule has 0 heterocycles. The topological polar surface area (TPSA) is 9.23 Å². The number of fused-ring (bicyclic) bond motifs is 1. The molecule has 3 rings (SSSR count). The molecule has 0 aliphatic heterocycles. The van der Waals surface area contributed by atoms with E-state index in [2.05, 4.69) is 60.7 Å². The van der Waals surface area contributed by atoms with Crippen LogP contribution in [0.2, 0.25) is 0 Å². The average molecular weight is 329 g/mol. The van der Waals surface area contributed by atoms with Crippen LogP contribution in [-0.4, -0.2) is 0 Å².